The van der Waals surface area contributed by atoms with Crippen molar-refractivity contribution in [3.8, 4) is 17.2 Å². The number of nitriles is 1. The van der Waals surface area contributed by atoms with Gasteiger partial charge in [-0.05, 0) is 5.56 Å². The van der Waals surface area contributed by atoms with Gasteiger partial charge in [0.05, 0.1) is 11.5 Å². The fourth-order valence-corrected chi connectivity index (χ4v) is 2.89. The van der Waals surface area contributed by atoms with Gasteiger partial charge in [-0.25, -0.2) is 4.98 Å². The molecule has 0 aliphatic heterocycles. The third kappa shape index (κ3) is 1.92. The predicted octanol–water partition coefficient (Wildman–Crippen LogP) is 2.65. The Hall–Kier alpha value is -2.45. The van der Waals surface area contributed by atoms with Gasteiger partial charge < -0.3 is 0 Å². The minimum Gasteiger partial charge on any atom is -0.285 e. The van der Waals surface area contributed by atoms with Gasteiger partial charge in [-0.15, -0.1) is 11.3 Å². The molecular formula is C14H9N3OS. The average Bonchev–Trinajstić information content (AvgIpc) is 2.88. The van der Waals surface area contributed by atoms with Gasteiger partial charge in [0, 0.05) is 10.9 Å². The van der Waals surface area contributed by atoms with Crippen molar-refractivity contribution in [2.45, 2.75) is 6.54 Å². The zero-order chi connectivity index (χ0) is 13.2. The van der Waals surface area contributed by atoms with Crippen molar-refractivity contribution in [2.75, 3.05) is 0 Å². The summed E-state index contributed by atoms with van der Waals surface area (Å²) in [5.74, 6) is 0. The van der Waals surface area contributed by atoms with Crippen LogP contribution in [0.4, 0.5) is 0 Å². The Morgan fingerprint density at radius 2 is 2.11 bits per heavy atom. The number of thiophene rings is 1. The summed E-state index contributed by atoms with van der Waals surface area (Å²) in [5.41, 5.74) is 1.71. The quantitative estimate of drug-likeness (QED) is 0.717. The van der Waals surface area contributed by atoms with Crippen molar-refractivity contribution in [2.24, 2.45) is 0 Å². The third-order valence-corrected chi connectivity index (χ3v) is 3.77. The van der Waals surface area contributed by atoms with Crippen molar-refractivity contribution < 1.29 is 0 Å². The minimum absolute atomic E-state index is 0.0197. The zero-order valence-electron chi connectivity index (χ0n) is 9.91. The van der Waals surface area contributed by atoms with Gasteiger partial charge >= 0.3 is 0 Å². The molecule has 0 fully saturated rings. The lowest BCUT2D eigenvalue weighted by Gasteiger charge is -2.01. The van der Waals surface area contributed by atoms with E-state index in [1.165, 1.54) is 22.2 Å². The molecule has 0 aliphatic carbocycles. The highest BCUT2D eigenvalue weighted by Gasteiger charge is 2.12. The Morgan fingerprint density at radius 1 is 1.32 bits per heavy atom. The molecule has 0 atom stereocenters. The highest BCUT2D eigenvalue weighted by molar-refractivity contribution is 7.17. The smallest absolute Gasteiger partial charge is 0.263 e. The lowest BCUT2D eigenvalue weighted by molar-refractivity contribution is 0.777. The largest absolute Gasteiger partial charge is 0.285 e. The summed E-state index contributed by atoms with van der Waals surface area (Å²) in [6.07, 6.45) is 1.43. The molecule has 5 heteroatoms. The number of hydrogen-bond donors (Lipinski definition) is 0. The molecule has 0 saturated heterocycles. The minimum atomic E-state index is -0.161. The van der Waals surface area contributed by atoms with E-state index in [0.717, 1.165) is 11.1 Å². The van der Waals surface area contributed by atoms with E-state index < -0.39 is 0 Å². The number of rotatable bonds is 2. The fourth-order valence-electron chi connectivity index (χ4n) is 1.99. The van der Waals surface area contributed by atoms with Crippen LogP contribution in [0, 0.1) is 11.3 Å². The second-order valence-electron chi connectivity index (χ2n) is 4.03. The van der Waals surface area contributed by atoms with Gasteiger partial charge in [0.15, 0.2) is 0 Å². The number of hydrogen-bond acceptors (Lipinski definition) is 4. The molecule has 0 aliphatic rings. The van der Waals surface area contributed by atoms with Crippen LogP contribution in [0.15, 0.2) is 46.8 Å². The average molecular weight is 267 g/mol. The molecule has 3 aromatic rings. The lowest BCUT2D eigenvalue weighted by atomic mass is 10.1. The van der Waals surface area contributed by atoms with Crippen LogP contribution in [0.3, 0.4) is 0 Å². The second-order valence-corrected chi connectivity index (χ2v) is 4.89. The van der Waals surface area contributed by atoms with Crippen molar-refractivity contribution >= 4 is 21.6 Å². The summed E-state index contributed by atoms with van der Waals surface area (Å²) in [5, 5.41) is 11.2. The van der Waals surface area contributed by atoms with Gasteiger partial charge in [-0.1, -0.05) is 30.3 Å². The van der Waals surface area contributed by atoms with Gasteiger partial charge in [0.2, 0.25) is 0 Å². The Morgan fingerprint density at radius 3 is 2.84 bits per heavy atom. The van der Waals surface area contributed by atoms with Crippen LogP contribution >= 0.6 is 11.3 Å². The van der Waals surface area contributed by atoms with Crippen molar-refractivity contribution in [3.05, 3.63) is 52.4 Å². The number of fused-ring (bicyclic) bond motifs is 1. The van der Waals surface area contributed by atoms with Crippen molar-refractivity contribution in [1.29, 1.82) is 5.26 Å². The molecule has 0 amide bonds. The van der Waals surface area contributed by atoms with Crippen LogP contribution < -0.4 is 5.56 Å². The first-order chi connectivity index (χ1) is 9.31. The van der Waals surface area contributed by atoms with E-state index in [-0.39, 0.29) is 12.1 Å². The van der Waals surface area contributed by atoms with Crippen LogP contribution in [0.5, 0.6) is 0 Å². The summed E-state index contributed by atoms with van der Waals surface area (Å²) in [6.45, 7) is 0.0197. The first kappa shape index (κ1) is 11.6. The molecule has 3 rings (SSSR count). The van der Waals surface area contributed by atoms with Crippen LogP contribution in [0.25, 0.3) is 21.3 Å². The summed E-state index contributed by atoms with van der Waals surface area (Å²) < 4.78 is 1.33. The Labute approximate surface area is 113 Å². The van der Waals surface area contributed by atoms with Gasteiger partial charge in [-0.2, -0.15) is 5.26 Å². The molecule has 19 heavy (non-hydrogen) atoms. The first-order valence-corrected chi connectivity index (χ1v) is 6.58. The van der Waals surface area contributed by atoms with Crippen LogP contribution in [0.2, 0.25) is 0 Å². The van der Waals surface area contributed by atoms with Crippen LogP contribution in [-0.4, -0.2) is 9.55 Å². The standard InChI is InChI=1S/C14H9N3OS/c15-6-7-17-9-16-13-12(14(17)18)11(8-19-13)10-4-2-1-3-5-10/h1-5,8-9H,7H2. The number of aromatic nitrogens is 2. The monoisotopic (exact) mass is 267 g/mol. The number of nitrogens with zero attached hydrogens (tertiary/aromatic N) is 3. The fraction of sp³-hybridized carbons (Fsp3) is 0.0714. The maximum Gasteiger partial charge on any atom is 0.263 e. The van der Waals surface area contributed by atoms with E-state index in [0.29, 0.717) is 10.2 Å². The molecule has 4 nitrogen and oxygen atoms in total. The molecule has 0 N–H and O–H groups in total. The molecule has 0 radical (unpaired) electrons. The topological polar surface area (TPSA) is 58.7 Å². The molecule has 0 bridgehead atoms. The van der Waals surface area contributed by atoms with E-state index in [1.54, 1.807) is 0 Å². The highest BCUT2D eigenvalue weighted by Crippen LogP contribution is 2.30. The maximum atomic E-state index is 12.4. The van der Waals surface area contributed by atoms with E-state index in [1.807, 2.05) is 41.8 Å². The normalized spacial score (nSPS) is 10.5. The molecule has 0 saturated carbocycles. The van der Waals surface area contributed by atoms with Crippen molar-refractivity contribution in [1.82, 2.24) is 9.55 Å². The molecule has 2 aromatic heterocycles. The van der Waals surface area contributed by atoms with E-state index in [2.05, 4.69) is 4.98 Å². The summed E-state index contributed by atoms with van der Waals surface area (Å²) >= 11 is 1.44. The summed E-state index contributed by atoms with van der Waals surface area (Å²) in [6, 6.07) is 11.7. The summed E-state index contributed by atoms with van der Waals surface area (Å²) in [7, 11) is 0. The van der Waals surface area contributed by atoms with E-state index in [4.69, 9.17) is 5.26 Å². The van der Waals surface area contributed by atoms with Gasteiger partial charge in [0.1, 0.15) is 17.7 Å². The van der Waals surface area contributed by atoms with Gasteiger partial charge in [0.25, 0.3) is 5.56 Å². The molecule has 0 spiro atoms. The van der Waals surface area contributed by atoms with Gasteiger partial charge in [-0.3, -0.25) is 9.36 Å². The molecular weight excluding hydrogens is 258 g/mol. The van der Waals surface area contributed by atoms with E-state index in [9.17, 15) is 4.79 Å². The van der Waals surface area contributed by atoms with E-state index >= 15 is 0 Å². The van der Waals surface area contributed by atoms with Crippen LogP contribution in [-0.2, 0) is 6.54 Å². The Bertz CT molecular complexity index is 827. The highest BCUT2D eigenvalue weighted by atomic mass is 32.1. The third-order valence-electron chi connectivity index (χ3n) is 2.89. The van der Waals surface area contributed by atoms with Crippen molar-refractivity contribution in [3.63, 3.8) is 0 Å². The molecule has 0 unspecified atom stereocenters. The molecule has 92 valence electrons. The molecule has 1 aromatic carbocycles. The zero-order valence-corrected chi connectivity index (χ0v) is 10.7. The maximum absolute atomic E-state index is 12.4. The van der Waals surface area contributed by atoms with Crippen LogP contribution in [0.1, 0.15) is 0 Å². The summed E-state index contributed by atoms with van der Waals surface area (Å²) in [4.78, 5) is 17.3. The first-order valence-electron chi connectivity index (χ1n) is 5.70. The predicted molar refractivity (Wildman–Crippen MR) is 74.9 cm³/mol. The SMILES string of the molecule is N#CCn1cnc2scc(-c3ccccc3)c2c1=O. The number of benzene rings is 1. The molecule has 2 heterocycles. The second kappa shape index (κ2) is 4.67. The Balaban J connectivity index is 2.31. The Kier molecular flexibility index (Phi) is 2.86. The lowest BCUT2D eigenvalue weighted by Crippen LogP contribution is -2.19.